The molecule has 1 aliphatic heterocycles. The van der Waals surface area contributed by atoms with Crippen LogP contribution in [-0.2, 0) is 0 Å². The first-order valence-electron chi connectivity index (χ1n) is 4.08. The topological polar surface area (TPSA) is 85.0 Å². The van der Waals surface area contributed by atoms with Gasteiger partial charge in [-0.15, -0.1) is 0 Å². The molecule has 13 heavy (non-hydrogen) atoms. The lowest BCUT2D eigenvalue weighted by molar-refractivity contribution is 0.258. The predicted molar refractivity (Wildman–Crippen MR) is 47.3 cm³/mol. The molecule has 1 aromatic heterocycles. The Morgan fingerprint density at radius 3 is 3.08 bits per heavy atom. The molecule has 0 saturated carbocycles. The lowest BCUT2D eigenvalue weighted by Gasteiger charge is -2.28. The van der Waals surface area contributed by atoms with E-state index >= 15 is 0 Å². The molecule has 2 rings (SSSR count). The molecule has 0 aromatic carbocycles. The fourth-order valence-electron chi connectivity index (χ4n) is 1.28. The van der Waals surface area contributed by atoms with Gasteiger partial charge in [-0.2, -0.15) is 5.10 Å². The van der Waals surface area contributed by atoms with Crippen molar-refractivity contribution in [3.63, 3.8) is 0 Å². The highest BCUT2D eigenvalue weighted by Gasteiger charge is 2.21. The molecule has 2 heterocycles. The molecule has 0 atom stereocenters. The summed E-state index contributed by atoms with van der Waals surface area (Å²) in [5.74, 6) is 0.652. The molecule has 1 saturated heterocycles. The molecule has 4 N–H and O–H groups in total. The number of carbonyl (C=O) groups excluding carboxylic acids is 1. The zero-order valence-corrected chi connectivity index (χ0v) is 7.03. The van der Waals surface area contributed by atoms with Gasteiger partial charge in [-0.05, 0) is 0 Å². The van der Waals surface area contributed by atoms with Gasteiger partial charge in [-0.25, -0.2) is 9.48 Å². The Morgan fingerprint density at radius 1 is 1.77 bits per heavy atom. The molecule has 0 spiro atoms. The number of rotatable bonds is 2. The third kappa shape index (κ3) is 1.48. The fraction of sp³-hybridized carbons (Fsp3) is 0.429. The number of primary amides is 1. The van der Waals surface area contributed by atoms with Crippen LogP contribution >= 0.6 is 0 Å². The maximum atomic E-state index is 10.6. The number of urea groups is 1. The molecule has 6 nitrogen and oxygen atoms in total. The second-order valence-electron chi connectivity index (χ2n) is 2.96. The minimum atomic E-state index is -0.561. The van der Waals surface area contributed by atoms with Crippen molar-refractivity contribution in [2.24, 2.45) is 5.73 Å². The molecule has 70 valence electrons. The first kappa shape index (κ1) is 8.06. The van der Waals surface area contributed by atoms with Gasteiger partial charge in [-0.1, -0.05) is 0 Å². The lowest BCUT2D eigenvalue weighted by atomic mass is 10.2. The van der Waals surface area contributed by atoms with Crippen LogP contribution in [0.5, 0.6) is 0 Å². The number of hydrogen-bond acceptors (Lipinski definition) is 3. The van der Waals surface area contributed by atoms with E-state index in [9.17, 15) is 4.79 Å². The minimum absolute atomic E-state index is 0.330. The van der Waals surface area contributed by atoms with Crippen LogP contribution in [0.2, 0.25) is 0 Å². The Bertz CT molecular complexity index is 316. The van der Waals surface area contributed by atoms with Crippen molar-refractivity contribution < 1.29 is 4.79 Å². The predicted octanol–water partition coefficient (Wildman–Crippen LogP) is -0.482. The summed E-state index contributed by atoms with van der Waals surface area (Å²) >= 11 is 0. The summed E-state index contributed by atoms with van der Waals surface area (Å²) in [5.41, 5.74) is 5.01. The molecule has 0 unspecified atom stereocenters. The normalized spacial score (nSPS) is 16.6. The van der Waals surface area contributed by atoms with Gasteiger partial charge >= 0.3 is 6.03 Å². The number of amides is 2. The lowest BCUT2D eigenvalue weighted by Crippen LogP contribution is -2.44. The van der Waals surface area contributed by atoms with Gasteiger partial charge in [-0.3, -0.25) is 5.32 Å². The van der Waals surface area contributed by atoms with Gasteiger partial charge < -0.3 is 11.1 Å². The molecule has 0 radical (unpaired) electrons. The summed E-state index contributed by atoms with van der Waals surface area (Å²) in [6.07, 6.45) is 1.64. The third-order valence-corrected chi connectivity index (χ3v) is 2.03. The summed E-state index contributed by atoms with van der Waals surface area (Å²) in [6, 6.07) is 1.49. The largest absolute Gasteiger partial charge is 0.351 e. The zero-order chi connectivity index (χ0) is 9.26. The molecule has 1 aliphatic rings. The molecule has 1 aromatic rings. The fourth-order valence-corrected chi connectivity index (χ4v) is 1.28. The molecular weight excluding hydrogens is 170 g/mol. The number of aromatic nitrogens is 2. The quantitative estimate of drug-likeness (QED) is 0.576. The average Bonchev–Trinajstić information content (AvgIpc) is 2.32. The number of anilines is 1. The van der Waals surface area contributed by atoms with Crippen molar-refractivity contribution in [3.8, 4) is 0 Å². The summed E-state index contributed by atoms with van der Waals surface area (Å²) in [7, 11) is 0. The van der Waals surface area contributed by atoms with Crippen LogP contribution in [0, 0.1) is 0 Å². The second kappa shape index (κ2) is 3.06. The van der Waals surface area contributed by atoms with Crippen LogP contribution in [0.25, 0.3) is 0 Å². The van der Waals surface area contributed by atoms with Crippen LogP contribution in [0.15, 0.2) is 12.3 Å². The summed E-state index contributed by atoms with van der Waals surface area (Å²) < 4.78 is 1.77. The van der Waals surface area contributed by atoms with E-state index in [4.69, 9.17) is 5.73 Å². The number of nitrogens with two attached hydrogens (primary N) is 1. The number of nitrogens with zero attached hydrogens (tertiary/aromatic N) is 2. The van der Waals surface area contributed by atoms with Crippen molar-refractivity contribution in [3.05, 3.63) is 12.3 Å². The van der Waals surface area contributed by atoms with E-state index in [1.165, 1.54) is 0 Å². The van der Waals surface area contributed by atoms with Gasteiger partial charge in [0.25, 0.3) is 0 Å². The van der Waals surface area contributed by atoms with Gasteiger partial charge in [0.1, 0.15) is 5.82 Å². The molecule has 0 aliphatic carbocycles. The van der Waals surface area contributed by atoms with E-state index in [1.54, 1.807) is 16.9 Å². The van der Waals surface area contributed by atoms with Crippen molar-refractivity contribution in [2.45, 2.75) is 6.04 Å². The highest BCUT2D eigenvalue weighted by atomic mass is 16.2. The van der Waals surface area contributed by atoms with E-state index in [0.717, 1.165) is 13.1 Å². The van der Waals surface area contributed by atoms with Crippen LogP contribution in [0.3, 0.4) is 0 Å². The van der Waals surface area contributed by atoms with Crippen LogP contribution in [0.4, 0.5) is 10.6 Å². The Balaban J connectivity index is 2.14. The van der Waals surface area contributed by atoms with E-state index in [2.05, 4.69) is 15.7 Å². The molecule has 1 fully saturated rings. The van der Waals surface area contributed by atoms with E-state index in [-0.39, 0.29) is 0 Å². The van der Waals surface area contributed by atoms with Gasteiger partial charge in [0, 0.05) is 19.2 Å². The van der Waals surface area contributed by atoms with Crippen molar-refractivity contribution in [1.82, 2.24) is 15.1 Å². The number of carbonyl (C=O) groups is 1. The summed E-state index contributed by atoms with van der Waals surface area (Å²) in [4.78, 5) is 10.6. The van der Waals surface area contributed by atoms with Gasteiger partial charge in [0.05, 0.1) is 12.2 Å². The monoisotopic (exact) mass is 181 g/mol. The van der Waals surface area contributed by atoms with Gasteiger partial charge in [0.2, 0.25) is 0 Å². The smallest absolute Gasteiger partial charge is 0.317 e. The molecule has 0 bridgehead atoms. The first-order chi connectivity index (χ1) is 6.27. The van der Waals surface area contributed by atoms with Crippen LogP contribution in [-0.4, -0.2) is 28.9 Å². The molecular formula is C7H11N5O. The molecule has 6 heteroatoms. The minimum Gasteiger partial charge on any atom is -0.351 e. The van der Waals surface area contributed by atoms with Crippen molar-refractivity contribution in [1.29, 1.82) is 0 Å². The zero-order valence-electron chi connectivity index (χ0n) is 7.03. The summed E-state index contributed by atoms with van der Waals surface area (Å²) in [6.45, 7) is 1.77. The maximum absolute atomic E-state index is 10.6. The van der Waals surface area contributed by atoms with E-state index in [1.807, 2.05) is 0 Å². The Morgan fingerprint density at radius 2 is 2.54 bits per heavy atom. The number of hydrogen-bond donors (Lipinski definition) is 3. The van der Waals surface area contributed by atoms with E-state index < -0.39 is 6.03 Å². The maximum Gasteiger partial charge on any atom is 0.317 e. The Kier molecular flexibility index (Phi) is 1.90. The van der Waals surface area contributed by atoms with Crippen LogP contribution < -0.4 is 16.4 Å². The van der Waals surface area contributed by atoms with Crippen LogP contribution in [0.1, 0.15) is 6.04 Å². The SMILES string of the molecule is NC(=O)Nc1ccnn1C1CNC1. The number of nitrogens with one attached hydrogen (secondary N) is 2. The molecule has 2 amide bonds. The highest BCUT2D eigenvalue weighted by molar-refractivity contribution is 5.86. The second-order valence-corrected chi connectivity index (χ2v) is 2.96. The standard InChI is InChI=1S/C7H11N5O/c8-7(13)11-6-1-2-10-12(6)5-3-9-4-5/h1-2,5,9H,3-4H2,(H3,8,11,13). The van der Waals surface area contributed by atoms with Gasteiger partial charge in [0.15, 0.2) is 0 Å². The van der Waals surface area contributed by atoms with Crippen molar-refractivity contribution >= 4 is 11.8 Å². The highest BCUT2D eigenvalue weighted by Crippen LogP contribution is 2.16. The summed E-state index contributed by atoms with van der Waals surface area (Å²) in [5, 5.41) is 9.74. The van der Waals surface area contributed by atoms with E-state index in [0.29, 0.717) is 11.9 Å². The Labute approximate surface area is 75.1 Å². The first-order valence-corrected chi connectivity index (χ1v) is 4.08. The van der Waals surface area contributed by atoms with Crippen molar-refractivity contribution in [2.75, 3.05) is 18.4 Å². The average molecular weight is 181 g/mol. The third-order valence-electron chi connectivity index (χ3n) is 2.03. The Hall–Kier alpha value is -1.56.